The summed E-state index contributed by atoms with van der Waals surface area (Å²) in [6.45, 7) is 4.48. The molecule has 0 heterocycles. The molecular formula is C45H79NO7. The molecule has 306 valence electrons. The molecule has 0 aliphatic carbocycles. The van der Waals surface area contributed by atoms with Gasteiger partial charge >= 0.3 is 11.9 Å². The van der Waals surface area contributed by atoms with Crippen LogP contribution in [0.15, 0.2) is 48.6 Å². The molecule has 53 heavy (non-hydrogen) atoms. The smallest absolute Gasteiger partial charge is 0.306 e. The highest BCUT2D eigenvalue weighted by atomic mass is 16.6. The Morgan fingerprint density at radius 3 is 1.58 bits per heavy atom. The fourth-order valence-corrected chi connectivity index (χ4v) is 5.89. The van der Waals surface area contributed by atoms with Crippen LogP contribution in [0.25, 0.3) is 0 Å². The molecule has 0 aliphatic rings. The van der Waals surface area contributed by atoms with Crippen molar-refractivity contribution in [3.8, 4) is 0 Å². The van der Waals surface area contributed by atoms with E-state index >= 15 is 0 Å². The molecular weight excluding hydrogens is 666 g/mol. The molecule has 8 heteroatoms. The molecule has 0 rings (SSSR count). The molecule has 0 aliphatic heterocycles. The van der Waals surface area contributed by atoms with E-state index in [1.165, 1.54) is 51.4 Å². The molecule has 0 spiro atoms. The van der Waals surface area contributed by atoms with Gasteiger partial charge in [-0.3, -0.25) is 9.59 Å². The second-order valence-corrected chi connectivity index (χ2v) is 15.2. The third-order valence-electron chi connectivity index (χ3n) is 9.20. The van der Waals surface area contributed by atoms with Gasteiger partial charge in [0.15, 0.2) is 6.10 Å². The minimum atomic E-state index is -1.13. The number of carboxylic acid groups (broad SMARTS) is 1. The molecule has 0 N–H and O–H groups in total. The van der Waals surface area contributed by atoms with Gasteiger partial charge in [0.25, 0.3) is 0 Å². The van der Waals surface area contributed by atoms with E-state index in [0.717, 1.165) is 83.5 Å². The highest BCUT2D eigenvalue weighted by Gasteiger charge is 2.25. The van der Waals surface area contributed by atoms with E-state index in [-0.39, 0.29) is 42.7 Å². The van der Waals surface area contributed by atoms with Gasteiger partial charge in [0, 0.05) is 19.3 Å². The third-order valence-corrected chi connectivity index (χ3v) is 9.20. The first-order valence-electron chi connectivity index (χ1n) is 21.2. The van der Waals surface area contributed by atoms with E-state index in [1.807, 2.05) is 0 Å². The Morgan fingerprint density at radius 1 is 0.585 bits per heavy atom. The highest BCUT2D eigenvalue weighted by molar-refractivity contribution is 5.70. The molecule has 0 aromatic heterocycles. The van der Waals surface area contributed by atoms with Crippen LogP contribution in [0, 0.1) is 0 Å². The molecule has 8 nitrogen and oxygen atoms in total. The number of quaternary nitrogens is 1. The van der Waals surface area contributed by atoms with Crippen molar-refractivity contribution in [3.05, 3.63) is 48.6 Å². The molecule has 0 amide bonds. The van der Waals surface area contributed by atoms with Gasteiger partial charge in [0.2, 0.25) is 0 Å². The summed E-state index contributed by atoms with van der Waals surface area (Å²) in [5, 5.41) is 11.6. The lowest BCUT2D eigenvalue weighted by Crippen LogP contribution is -2.55. The topological polar surface area (TPSA) is 102 Å². The largest absolute Gasteiger partial charge is 0.544 e. The minimum absolute atomic E-state index is 0.0338. The number of carbonyl (C=O) groups excluding carboxylic acids is 3. The fraction of sp³-hybridized carbons (Fsp3) is 0.756. The standard InChI is InChI=1S/C45H79NO7/c1-6-8-10-12-14-16-18-19-20-21-22-23-24-25-26-28-29-31-33-35-43(47)52-40-41(39-51-38-37-42(45(49)50)46(3,4)5)53-44(48)36-34-32-30-27-17-15-13-11-9-7-2/h8,10,13-16,19-20,41-42H,6-7,9,11-12,17-18,21-40H2,1-5H3/b10-8+,15-13+,16-14+,20-19+. The van der Waals surface area contributed by atoms with Crippen molar-refractivity contribution >= 4 is 17.9 Å². The molecule has 0 saturated heterocycles. The number of esters is 2. The normalized spacial score (nSPS) is 13.5. The van der Waals surface area contributed by atoms with Gasteiger partial charge < -0.3 is 28.6 Å². The lowest BCUT2D eigenvalue weighted by Gasteiger charge is -2.34. The van der Waals surface area contributed by atoms with E-state index in [9.17, 15) is 19.5 Å². The van der Waals surface area contributed by atoms with Crippen molar-refractivity contribution in [1.82, 2.24) is 0 Å². The first kappa shape index (κ1) is 50.3. The molecule has 0 aromatic rings. The van der Waals surface area contributed by atoms with E-state index in [0.29, 0.717) is 12.8 Å². The van der Waals surface area contributed by atoms with Gasteiger partial charge in [0.05, 0.1) is 40.3 Å². The predicted octanol–water partition coefficient (Wildman–Crippen LogP) is 9.91. The lowest BCUT2D eigenvalue weighted by molar-refractivity contribution is -0.889. The highest BCUT2D eigenvalue weighted by Crippen LogP contribution is 2.14. The summed E-state index contributed by atoms with van der Waals surface area (Å²) in [4.78, 5) is 36.7. The molecule has 0 aromatic carbocycles. The van der Waals surface area contributed by atoms with Crippen LogP contribution in [0.5, 0.6) is 0 Å². The molecule has 2 unspecified atom stereocenters. The van der Waals surface area contributed by atoms with Gasteiger partial charge in [-0.2, -0.15) is 0 Å². The van der Waals surface area contributed by atoms with Crippen molar-refractivity contribution < 1.29 is 38.2 Å². The summed E-state index contributed by atoms with van der Waals surface area (Å²) in [7, 11) is 5.39. The second-order valence-electron chi connectivity index (χ2n) is 15.2. The van der Waals surface area contributed by atoms with E-state index in [1.54, 1.807) is 21.1 Å². The summed E-state index contributed by atoms with van der Waals surface area (Å²) >= 11 is 0. The molecule has 2 atom stereocenters. The van der Waals surface area contributed by atoms with Crippen LogP contribution in [0.3, 0.4) is 0 Å². The first-order valence-corrected chi connectivity index (χ1v) is 21.2. The summed E-state index contributed by atoms with van der Waals surface area (Å²) in [5.41, 5.74) is 0. The van der Waals surface area contributed by atoms with Crippen molar-refractivity contribution in [2.24, 2.45) is 0 Å². The SMILES string of the molecule is CC/C=C/C/C=C/C/C=C/CCCCCCCCCCCC(=O)OCC(COCCC(C(=O)[O-])[N+](C)(C)C)OC(=O)CCCCCC/C=C/CCCC. The van der Waals surface area contributed by atoms with Crippen LogP contribution in [0.2, 0.25) is 0 Å². The quantitative estimate of drug-likeness (QED) is 0.0270. The Bertz CT molecular complexity index is 1010. The number of allylic oxidation sites excluding steroid dienone is 8. The average molecular weight is 746 g/mol. The van der Waals surface area contributed by atoms with Crippen LogP contribution < -0.4 is 5.11 Å². The predicted molar refractivity (Wildman–Crippen MR) is 217 cm³/mol. The van der Waals surface area contributed by atoms with Crippen LogP contribution >= 0.6 is 0 Å². The molecule has 0 fully saturated rings. The Morgan fingerprint density at radius 2 is 1.06 bits per heavy atom. The van der Waals surface area contributed by atoms with Crippen LogP contribution in [-0.2, 0) is 28.6 Å². The summed E-state index contributed by atoms with van der Waals surface area (Å²) in [5.74, 6) is -1.76. The van der Waals surface area contributed by atoms with Gasteiger partial charge in [-0.25, -0.2) is 0 Å². The number of likely N-dealkylation sites (N-methyl/N-ethyl adjacent to an activating group) is 1. The van der Waals surface area contributed by atoms with E-state index in [2.05, 4.69) is 62.5 Å². The number of carboxylic acids is 1. The number of ether oxygens (including phenoxy) is 3. The zero-order chi connectivity index (χ0) is 39.3. The van der Waals surface area contributed by atoms with Crippen molar-refractivity contribution in [3.63, 3.8) is 0 Å². The van der Waals surface area contributed by atoms with Crippen LogP contribution in [0.4, 0.5) is 0 Å². The Balaban J connectivity index is 4.30. The van der Waals surface area contributed by atoms with Gasteiger partial charge in [-0.1, -0.05) is 133 Å². The Labute approximate surface area is 325 Å². The van der Waals surface area contributed by atoms with E-state index in [4.69, 9.17) is 14.2 Å². The maximum atomic E-state index is 12.6. The molecule has 0 bridgehead atoms. The number of nitrogens with zero attached hydrogens (tertiary/aromatic N) is 1. The fourth-order valence-electron chi connectivity index (χ4n) is 5.89. The maximum absolute atomic E-state index is 12.6. The zero-order valence-electron chi connectivity index (χ0n) is 34.7. The first-order chi connectivity index (χ1) is 25.6. The number of aliphatic carboxylic acids is 1. The van der Waals surface area contributed by atoms with E-state index < -0.39 is 18.1 Å². The van der Waals surface area contributed by atoms with Crippen LogP contribution in [-0.4, -0.2) is 75.5 Å². The van der Waals surface area contributed by atoms with Crippen molar-refractivity contribution in [1.29, 1.82) is 0 Å². The lowest BCUT2D eigenvalue weighted by atomic mass is 10.1. The van der Waals surface area contributed by atoms with Crippen molar-refractivity contribution in [2.45, 2.75) is 180 Å². The van der Waals surface area contributed by atoms with Gasteiger partial charge in [0.1, 0.15) is 12.6 Å². The third kappa shape index (κ3) is 34.8. The number of hydrogen-bond donors (Lipinski definition) is 0. The van der Waals surface area contributed by atoms with Gasteiger partial charge in [-0.15, -0.1) is 0 Å². The number of unbranched alkanes of at least 4 members (excludes halogenated alkanes) is 15. The monoisotopic (exact) mass is 746 g/mol. The summed E-state index contributed by atoms with van der Waals surface area (Å²) < 4.78 is 17.1. The molecule has 0 saturated carbocycles. The second kappa shape index (κ2) is 36.3. The number of hydrogen-bond acceptors (Lipinski definition) is 7. The van der Waals surface area contributed by atoms with Gasteiger partial charge in [-0.05, 0) is 64.2 Å². The maximum Gasteiger partial charge on any atom is 0.306 e. The number of rotatable bonds is 37. The number of carbonyl (C=O) groups is 3. The van der Waals surface area contributed by atoms with Crippen molar-refractivity contribution in [2.75, 3.05) is 41.0 Å². The van der Waals surface area contributed by atoms with Crippen LogP contribution in [0.1, 0.15) is 168 Å². The zero-order valence-corrected chi connectivity index (χ0v) is 34.7. The Hall–Kier alpha value is -2.71. The molecule has 0 radical (unpaired) electrons. The Kier molecular flexibility index (Phi) is 34.4. The average Bonchev–Trinajstić information content (AvgIpc) is 3.11. The summed E-state index contributed by atoms with van der Waals surface area (Å²) in [6.07, 6.45) is 41.4. The minimum Gasteiger partial charge on any atom is -0.544 e. The summed E-state index contributed by atoms with van der Waals surface area (Å²) in [6, 6.07) is -0.727.